The number of halogens is 2. The van der Waals surface area contributed by atoms with Gasteiger partial charge in [-0.15, -0.1) is 0 Å². The first-order valence-electron chi connectivity index (χ1n) is 9.32. The molecule has 2 fully saturated rings. The molecule has 0 aromatic rings. The van der Waals surface area contributed by atoms with Crippen LogP contribution < -0.4 is 5.32 Å². The van der Waals surface area contributed by atoms with Crippen molar-refractivity contribution in [1.29, 1.82) is 0 Å². The Morgan fingerprint density at radius 1 is 1.31 bits per heavy atom. The number of aldehydes is 1. The number of alkyl halides is 2. The van der Waals surface area contributed by atoms with E-state index in [1.807, 2.05) is 6.92 Å². The van der Waals surface area contributed by atoms with Crippen LogP contribution in [-0.4, -0.2) is 60.5 Å². The second-order valence-corrected chi connectivity index (χ2v) is 7.38. The van der Waals surface area contributed by atoms with Crippen molar-refractivity contribution in [3.05, 3.63) is 24.7 Å². The van der Waals surface area contributed by atoms with E-state index in [2.05, 4.69) is 39.9 Å². The molecule has 0 aromatic carbocycles. The van der Waals surface area contributed by atoms with Crippen molar-refractivity contribution in [2.24, 2.45) is 5.92 Å². The summed E-state index contributed by atoms with van der Waals surface area (Å²) in [5.41, 5.74) is 0.901. The summed E-state index contributed by atoms with van der Waals surface area (Å²) in [5.74, 6) is 1.21. The van der Waals surface area contributed by atoms with Crippen LogP contribution in [0.2, 0.25) is 0 Å². The lowest BCUT2D eigenvalue weighted by atomic mass is 9.80. The molecule has 1 saturated carbocycles. The summed E-state index contributed by atoms with van der Waals surface area (Å²) in [6.45, 7) is 11.0. The van der Waals surface area contributed by atoms with E-state index < -0.39 is 6.61 Å². The highest BCUT2D eigenvalue weighted by Crippen LogP contribution is 2.35. The molecule has 1 aliphatic heterocycles. The molecule has 26 heavy (non-hydrogen) atoms. The quantitative estimate of drug-likeness (QED) is 0.598. The maximum absolute atomic E-state index is 12.2. The largest absolute Gasteiger partial charge is 0.365 e. The summed E-state index contributed by atoms with van der Waals surface area (Å²) in [6, 6.07) is 0.706. The maximum atomic E-state index is 12.2. The van der Waals surface area contributed by atoms with Crippen LogP contribution in [0.25, 0.3) is 0 Å². The first-order valence-corrected chi connectivity index (χ1v) is 9.32. The van der Waals surface area contributed by atoms with Gasteiger partial charge in [-0.3, -0.25) is 4.90 Å². The number of hydrogen-bond acceptors (Lipinski definition) is 5. The van der Waals surface area contributed by atoms with Crippen molar-refractivity contribution in [3.8, 4) is 0 Å². The van der Waals surface area contributed by atoms with E-state index in [4.69, 9.17) is 0 Å². The van der Waals surface area contributed by atoms with Crippen LogP contribution in [0.1, 0.15) is 39.5 Å². The third-order valence-corrected chi connectivity index (χ3v) is 5.61. The normalized spacial score (nSPS) is 25.4. The first kappa shape index (κ1) is 20.8. The van der Waals surface area contributed by atoms with Gasteiger partial charge in [0.05, 0.1) is 18.5 Å². The molecule has 1 atom stereocenters. The average molecular weight is 371 g/mol. The van der Waals surface area contributed by atoms with Crippen molar-refractivity contribution in [1.82, 2.24) is 15.1 Å². The summed E-state index contributed by atoms with van der Waals surface area (Å²) in [6.07, 6.45) is 4.78. The molecule has 5 nitrogen and oxygen atoms in total. The lowest BCUT2D eigenvalue weighted by Crippen LogP contribution is -2.57. The molecule has 1 aliphatic carbocycles. The summed E-state index contributed by atoms with van der Waals surface area (Å²) >= 11 is 0. The lowest BCUT2D eigenvalue weighted by molar-refractivity contribution is -0.202. The molecule has 0 spiro atoms. The number of rotatable bonds is 10. The van der Waals surface area contributed by atoms with Gasteiger partial charge in [0.1, 0.15) is 6.29 Å². The van der Waals surface area contributed by atoms with Crippen molar-refractivity contribution in [2.75, 3.05) is 19.6 Å². The number of nitrogens with one attached hydrogen (secondary N) is 1. The highest BCUT2D eigenvalue weighted by Gasteiger charge is 2.37. The Labute approximate surface area is 155 Å². The van der Waals surface area contributed by atoms with Gasteiger partial charge in [-0.05, 0) is 45.4 Å². The molecule has 1 saturated heterocycles. The van der Waals surface area contributed by atoms with E-state index in [1.165, 1.54) is 0 Å². The van der Waals surface area contributed by atoms with E-state index >= 15 is 0 Å². The van der Waals surface area contributed by atoms with Crippen LogP contribution in [0.5, 0.6) is 0 Å². The van der Waals surface area contributed by atoms with Crippen LogP contribution in [0.3, 0.4) is 0 Å². The van der Waals surface area contributed by atoms with Crippen molar-refractivity contribution in [3.63, 3.8) is 0 Å². The summed E-state index contributed by atoms with van der Waals surface area (Å²) in [7, 11) is 0. The van der Waals surface area contributed by atoms with E-state index in [-0.39, 0.29) is 18.7 Å². The number of hydrogen-bond donors (Lipinski definition) is 1. The predicted octanol–water partition coefficient (Wildman–Crippen LogP) is 2.95. The second-order valence-electron chi connectivity index (χ2n) is 7.38. The molecule has 0 bridgehead atoms. The Bertz CT molecular complexity index is 501. The molecule has 148 valence electrons. The van der Waals surface area contributed by atoms with Gasteiger partial charge < -0.3 is 19.7 Å². The lowest BCUT2D eigenvalue weighted by Gasteiger charge is -2.47. The molecule has 2 rings (SSSR count). The van der Waals surface area contributed by atoms with E-state index in [1.54, 1.807) is 0 Å². The fourth-order valence-corrected chi connectivity index (χ4v) is 4.23. The number of carbonyl (C=O) groups excluding carboxylic acids is 1. The molecule has 0 radical (unpaired) electrons. The monoisotopic (exact) mass is 371 g/mol. The number of allylic oxidation sites excluding steroid dienone is 1. The van der Waals surface area contributed by atoms with E-state index in [0.29, 0.717) is 30.9 Å². The zero-order chi connectivity index (χ0) is 19.3. The van der Waals surface area contributed by atoms with Gasteiger partial charge in [-0.25, -0.2) is 0 Å². The molecule has 2 aliphatic rings. The van der Waals surface area contributed by atoms with Crippen LogP contribution in [-0.2, 0) is 9.53 Å². The third-order valence-electron chi connectivity index (χ3n) is 5.61. The van der Waals surface area contributed by atoms with Crippen LogP contribution >= 0.6 is 0 Å². The molecule has 0 aromatic heterocycles. The number of likely N-dealkylation sites (tertiary alicyclic amines) is 1. The molecular weight excluding hydrogens is 340 g/mol. The van der Waals surface area contributed by atoms with Crippen LogP contribution in [0, 0.1) is 5.92 Å². The molecular formula is C19H31F2N3O2. The molecule has 0 unspecified atom stereocenters. The summed E-state index contributed by atoms with van der Waals surface area (Å²) in [5, 5.41) is 3.02. The van der Waals surface area contributed by atoms with Gasteiger partial charge in [-0.2, -0.15) is 8.78 Å². The van der Waals surface area contributed by atoms with E-state index in [0.717, 1.165) is 37.7 Å². The molecule has 7 heteroatoms. The van der Waals surface area contributed by atoms with Gasteiger partial charge in [0.15, 0.2) is 0 Å². The molecule has 1 N–H and O–H groups in total. The Kier molecular flexibility index (Phi) is 7.58. The Hall–Kier alpha value is -1.47. The van der Waals surface area contributed by atoms with Gasteiger partial charge in [0.25, 0.3) is 0 Å². The average Bonchev–Trinajstić information content (AvgIpc) is 2.55. The minimum absolute atomic E-state index is 0.235. The first-order chi connectivity index (χ1) is 12.3. The van der Waals surface area contributed by atoms with Crippen molar-refractivity contribution >= 4 is 6.29 Å². The highest BCUT2D eigenvalue weighted by molar-refractivity contribution is 5.52. The van der Waals surface area contributed by atoms with Gasteiger partial charge >= 0.3 is 6.61 Å². The molecule has 0 amide bonds. The second kappa shape index (κ2) is 9.46. The van der Waals surface area contributed by atoms with Crippen molar-refractivity contribution < 1.29 is 18.3 Å². The Balaban J connectivity index is 1.81. The van der Waals surface area contributed by atoms with Gasteiger partial charge in [-0.1, -0.05) is 13.2 Å². The topological polar surface area (TPSA) is 44.8 Å². The smallest absolute Gasteiger partial charge is 0.345 e. The number of carbonyl (C=O) groups is 1. The zero-order valence-electron chi connectivity index (χ0n) is 15.8. The summed E-state index contributed by atoms with van der Waals surface area (Å²) in [4.78, 5) is 14.9. The SMILES string of the molecule is C=C(C)N(C(=C)NCC=O)[C@H](C)C1CCC(N2CC(OC(F)F)C2)CC1. The number of nitrogens with zero attached hydrogens (tertiary/aromatic N) is 2. The Morgan fingerprint density at radius 2 is 1.92 bits per heavy atom. The van der Waals surface area contributed by atoms with Gasteiger partial charge in [0.2, 0.25) is 0 Å². The van der Waals surface area contributed by atoms with Crippen LogP contribution in [0.15, 0.2) is 24.7 Å². The third kappa shape index (κ3) is 5.27. The minimum atomic E-state index is -2.67. The number of ether oxygens (including phenoxy) is 1. The standard InChI is InChI=1S/C19H31F2N3O2/c1-13(2)24(15(4)22-9-10-25)14(3)16-5-7-17(8-6-16)23-11-18(12-23)26-19(20)21/h10,14,16-19,22H,1,4-9,11-12H2,2-3H3/t14-,16?,17?/m1/s1. The fraction of sp³-hybridized carbons (Fsp3) is 0.737. The van der Waals surface area contributed by atoms with E-state index in [9.17, 15) is 13.6 Å². The van der Waals surface area contributed by atoms with Gasteiger partial charge in [0, 0.05) is 30.9 Å². The van der Waals surface area contributed by atoms with Crippen LogP contribution in [0.4, 0.5) is 8.78 Å². The highest BCUT2D eigenvalue weighted by atomic mass is 19.3. The Morgan fingerprint density at radius 3 is 2.42 bits per heavy atom. The zero-order valence-corrected chi connectivity index (χ0v) is 15.8. The minimum Gasteiger partial charge on any atom is -0.365 e. The van der Waals surface area contributed by atoms with Crippen molar-refractivity contribution in [2.45, 2.75) is 64.3 Å². The summed E-state index contributed by atoms with van der Waals surface area (Å²) < 4.78 is 29.0. The molecule has 1 heterocycles. The predicted molar refractivity (Wildman–Crippen MR) is 97.5 cm³/mol. The fourth-order valence-electron chi connectivity index (χ4n) is 4.23. The maximum Gasteiger partial charge on any atom is 0.345 e.